The molecule has 0 saturated heterocycles. The molecule has 8 nitrogen and oxygen atoms in total. The van der Waals surface area contributed by atoms with Crippen LogP contribution in [0, 0.1) is 0 Å². The van der Waals surface area contributed by atoms with Crippen LogP contribution in [0.5, 0.6) is 0 Å². The Bertz CT molecular complexity index is 1570. The number of fused-ring (bicyclic) bond motifs is 2. The van der Waals surface area contributed by atoms with E-state index in [1.54, 1.807) is 24.3 Å². The fourth-order valence-electron chi connectivity index (χ4n) is 4.28. The number of hydrogen-bond acceptors (Lipinski definition) is 6. The third-order valence-corrected chi connectivity index (χ3v) is 7.00. The first kappa shape index (κ1) is 26.1. The van der Waals surface area contributed by atoms with Crippen LogP contribution in [-0.2, 0) is 19.6 Å². The summed E-state index contributed by atoms with van der Waals surface area (Å²) in [6.45, 7) is 3.49. The Labute approximate surface area is 216 Å². The molecular weight excluding hydrogens is 488 g/mol. The molecule has 2 amide bonds. The monoisotopic (exact) mass is 518 g/mol. The van der Waals surface area contributed by atoms with Gasteiger partial charge in [0, 0.05) is 35.5 Å². The largest absolute Gasteiger partial charge is 0.354 e. The maximum atomic E-state index is 12.7. The Morgan fingerprint density at radius 1 is 0.892 bits per heavy atom. The average Bonchev–Trinajstić information content (AvgIpc) is 2.84. The molecule has 0 aliphatic rings. The second kappa shape index (κ2) is 11.0. The summed E-state index contributed by atoms with van der Waals surface area (Å²) in [5.74, 6) is -0.594. The number of carbonyl (C=O) groups is 2. The Hall–Kier alpha value is -3.98. The molecule has 4 aromatic rings. The maximum absolute atomic E-state index is 12.7. The summed E-state index contributed by atoms with van der Waals surface area (Å²) in [5.41, 5.74) is 4.01. The normalized spacial score (nSPS) is 11.4. The van der Waals surface area contributed by atoms with E-state index in [1.165, 1.54) is 6.92 Å². The first-order valence-electron chi connectivity index (χ1n) is 12.2. The van der Waals surface area contributed by atoms with Gasteiger partial charge < -0.3 is 10.6 Å². The highest BCUT2D eigenvalue weighted by Gasteiger charge is 2.24. The third-order valence-electron chi connectivity index (χ3n) is 5.93. The van der Waals surface area contributed by atoms with E-state index < -0.39 is 15.9 Å². The highest BCUT2D eigenvalue weighted by atomic mass is 32.2. The van der Waals surface area contributed by atoms with Gasteiger partial charge in [-0.1, -0.05) is 38.0 Å². The second-order valence-corrected chi connectivity index (χ2v) is 10.8. The van der Waals surface area contributed by atoms with Crippen LogP contribution in [-0.4, -0.2) is 31.5 Å². The van der Waals surface area contributed by atoms with E-state index in [1.807, 2.05) is 49.4 Å². The van der Waals surface area contributed by atoms with Gasteiger partial charge in [-0.05, 0) is 55.0 Å². The van der Waals surface area contributed by atoms with Gasteiger partial charge in [-0.3, -0.25) is 9.59 Å². The molecule has 9 heteroatoms. The predicted molar refractivity (Wildman–Crippen MR) is 150 cm³/mol. The molecule has 1 aromatic heterocycles. The number of benzene rings is 3. The van der Waals surface area contributed by atoms with E-state index in [0.29, 0.717) is 23.3 Å². The smallest absolute Gasteiger partial charge is 0.240 e. The number of nitrogens with zero attached hydrogens (tertiary/aromatic N) is 2. The number of amides is 2. The first-order chi connectivity index (χ1) is 17.7. The van der Waals surface area contributed by atoms with Gasteiger partial charge in [0.05, 0.1) is 28.7 Å². The number of para-hydroxylation sites is 1. The van der Waals surface area contributed by atoms with Crippen molar-refractivity contribution < 1.29 is 18.0 Å². The average molecular weight is 519 g/mol. The van der Waals surface area contributed by atoms with E-state index in [9.17, 15) is 18.0 Å². The lowest BCUT2D eigenvalue weighted by Crippen LogP contribution is -2.36. The van der Waals surface area contributed by atoms with Crippen LogP contribution in [0.4, 0.5) is 22.7 Å². The molecule has 2 N–H and O–H groups in total. The number of nitrogens with one attached hydrogen (secondary N) is 2. The van der Waals surface area contributed by atoms with Crippen LogP contribution in [0.2, 0.25) is 0 Å². The first-order valence-corrected chi connectivity index (χ1v) is 14.0. The number of aromatic nitrogens is 1. The number of unbranched alkanes of at least 4 members (excludes halogenated alkanes) is 2. The maximum Gasteiger partial charge on any atom is 0.240 e. The number of sulfonamides is 1. The highest BCUT2D eigenvalue weighted by Crippen LogP contribution is 2.35. The van der Waals surface area contributed by atoms with Crippen LogP contribution in [0.1, 0.15) is 39.5 Å². The number of carbonyl (C=O) groups excluding carboxylic acids is 2. The van der Waals surface area contributed by atoms with Gasteiger partial charge in [-0.25, -0.2) is 17.7 Å². The second-order valence-electron chi connectivity index (χ2n) is 8.97. The minimum atomic E-state index is -3.77. The molecule has 0 unspecified atom stereocenters. The molecule has 192 valence electrons. The SMILES string of the molecule is CCCCCC(=O)N(c1ccc(Nc2c3ccccc3nc3cc(NC(C)=O)ccc23)cc1)S(C)(=O)=O. The lowest BCUT2D eigenvalue weighted by atomic mass is 10.1. The van der Waals surface area contributed by atoms with Crippen molar-refractivity contribution >= 4 is 66.4 Å². The molecule has 0 radical (unpaired) electrons. The summed E-state index contributed by atoms with van der Waals surface area (Å²) in [5, 5.41) is 8.01. The van der Waals surface area contributed by atoms with Crippen LogP contribution in [0.3, 0.4) is 0 Å². The molecule has 0 aliphatic carbocycles. The van der Waals surface area contributed by atoms with Gasteiger partial charge >= 0.3 is 0 Å². The van der Waals surface area contributed by atoms with Crippen molar-refractivity contribution in [3.63, 3.8) is 0 Å². The van der Waals surface area contributed by atoms with Gasteiger partial charge in [-0.15, -0.1) is 0 Å². The van der Waals surface area contributed by atoms with Gasteiger partial charge in [0.25, 0.3) is 0 Å². The summed E-state index contributed by atoms with van der Waals surface area (Å²) in [4.78, 5) is 29.0. The molecule has 0 spiro atoms. The van der Waals surface area contributed by atoms with E-state index in [0.717, 1.165) is 51.1 Å². The van der Waals surface area contributed by atoms with E-state index >= 15 is 0 Å². The molecule has 37 heavy (non-hydrogen) atoms. The highest BCUT2D eigenvalue weighted by molar-refractivity contribution is 7.92. The van der Waals surface area contributed by atoms with Gasteiger partial charge in [0.1, 0.15) is 0 Å². The van der Waals surface area contributed by atoms with E-state index in [4.69, 9.17) is 4.98 Å². The zero-order chi connectivity index (χ0) is 26.6. The fraction of sp³-hybridized carbons (Fsp3) is 0.250. The fourth-order valence-corrected chi connectivity index (χ4v) is 5.25. The number of pyridine rings is 1. The minimum Gasteiger partial charge on any atom is -0.354 e. The summed E-state index contributed by atoms with van der Waals surface area (Å²) in [6, 6.07) is 20.0. The van der Waals surface area contributed by atoms with E-state index in [2.05, 4.69) is 10.6 Å². The topological polar surface area (TPSA) is 108 Å². The van der Waals surface area contributed by atoms with Gasteiger partial charge in [-0.2, -0.15) is 0 Å². The Kier molecular flexibility index (Phi) is 7.73. The van der Waals surface area contributed by atoms with Crippen molar-refractivity contribution in [1.82, 2.24) is 4.98 Å². The molecule has 0 saturated carbocycles. The lowest BCUT2D eigenvalue weighted by molar-refractivity contribution is -0.117. The number of hydrogen-bond donors (Lipinski definition) is 2. The summed E-state index contributed by atoms with van der Waals surface area (Å²) in [6.07, 6.45) is 3.68. The summed E-state index contributed by atoms with van der Waals surface area (Å²) in [7, 11) is -3.77. The van der Waals surface area contributed by atoms with E-state index in [-0.39, 0.29) is 12.3 Å². The number of anilines is 4. The zero-order valence-corrected chi connectivity index (χ0v) is 21.9. The third kappa shape index (κ3) is 6.06. The molecule has 4 rings (SSSR count). The number of rotatable bonds is 9. The minimum absolute atomic E-state index is 0.162. The summed E-state index contributed by atoms with van der Waals surface area (Å²) >= 11 is 0. The Balaban J connectivity index is 1.70. The van der Waals surface area contributed by atoms with Gasteiger partial charge in [0.15, 0.2) is 0 Å². The van der Waals surface area contributed by atoms with Crippen molar-refractivity contribution in [2.45, 2.75) is 39.5 Å². The van der Waals surface area contributed by atoms with Crippen LogP contribution < -0.4 is 14.9 Å². The quantitative estimate of drug-likeness (QED) is 0.209. The molecule has 0 bridgehead atoms. The van der Waals surface area contributed by atoms with Crippen LogP contribution in [0.25, 0.3) is 21.8 Å². The van der Waals surface area contributed by atoms with Crippen molar-refractivity contribution in [3.05, 3.63) is 66.7 Å². The summed E-state index contributed by atoms with van der Waals surface area (Å²) < 4.78 is 25.7. The molecule has 0 aliphatic heterocycles. The molecule has 3 aromatic carbocycles. The molecular formula is C28H30N4O4S. The standard InChI is InChI=1S/C28H30N4O4S/c1-4-5-6-11-27(34)32(37(3,35)36)22-15-12-20(13-16-22)30-28-23-9-7-8-10-25(23)31-26-18-21(29-19(2)33)14-17-24(26)28/h7-10,12-18H,4-6,11H2,1-3H3,(H,29,33)(H,30,31). The molecule has 0 atom stereocenters. The van der Waals surface area contributed by atoms with Crippen molar-refractivity contribution in [2.24, 2.45) is 0 Å². The van der Waals surface area contributed by atoms with Crippen molar-refractivity contribution in [2.75, 3.05) is 21.2 Å². The van der Waals surface area contributed by atoms with Crippen LogP contribution >= 0.6 is 0 Å². The predicted octanol–water partition coefficient (Wildman–Crippen LogP) is 5.96. The van der Waals surface area contributed by atoms with Crippen LogP contribution in [0.15, 0.2) is 66.7 Å². The Morgan fingerprint density at radius 2 is 1.57 bits per heavy atom. The molecule has 1 heterocycles. The van der Waals surface area contributed by atoms with Gasteiger partial charge in [0.2, 0.25) is 21.8 Å². The zero-order valence-electron chi connectivity index (χ0n) is 21.1. The van der Waals surface area contributed by atoms with Crippen molar-refractivity contribution in [1.29, 1.82) is 0 Å². The lowest BCUT2D eigenvalue weighted by Gasteiger charge is -2.21. The Morgan fingerprint density at radius 3 is 2.24 bits per heavy atom. The molecule has 0 fully saturated rings. The van der Waals surface area contributed by atoms with Crippen molar-refractivity contribution in [3.8, 4) is 0 Å².